The van der Waals surface area contributed by atoms with E-state index in [9.17, 15) is 8.78 Å². The zero-order valence-corrected chi connectivity index (χ0v) is 7.87. The molecule has 3 nitrogen and oxygen atoms in total. The van der Waals surface area contributed by atoms with Crippen LogP contribution in [0.4, 0.5) is 8.78 Å². The number of benzene rings is 1. The van der Waals surface area contributed by atoms with Crippen molar-refractivity contribution in [3.8, 4) is 0 Å². The number of nitrogens with two attached hydrogens (primary N) is 1. The van der Waals surface area contributed by atoms with Gasteiger partial charge in [-0.15, -0.1) is 5.10 Å². The van der Waals surface area contributed by atoms with Crippen molar-refractivity contribution < 1.29 is 8.78 Å². The predicted molar refractivity (Wildman–Crippen MR) is 53.8 cm³/mol. The van der Waals surface area contributed by atoms with Crippen LogP contribution in [0.2, 0.25) is 0 Å². The van der Waals surface area contributed by atoms with Crippen molar-refractivity contribution in [3.05, 3.63) is 35.4 Å². The number of hydrogen-bond acceptors (Lipinski definition) is 3. The summed E-state index contributed by atoms with van der Waals surface area (Å²) in [6.45, 7) is 0. The van der Waals surface area contributed by atoms with Crippen LogP contribution in [0.1, 0.15) is 18.4 Å². The first-order valence-corrected chi connectivity index (χ1v) is 4.51. The molecule has 0 atom stereocenters. The van der Waals surface area contributed by atoms with Crippen molar-refractivity contribution in [3.63, 3.8) is 0 Å². The van der Waals surface area contributed by atoms with Crippen molar-refractivity contribution in [1.29, 1.82) is 0 Å². The summed E-state index contributed by atoms with van der Waals surface area (Å²) in [5, 5.41) is 7.41. The summed E-state index contributed by atoms with van der Waals surface area (Å²) in [7, 11) is 0. The average molecular weight is 209 g/mol. The summed E-state index contributed by atoms with van der Waals surface area (Å²) in [6.07, 6.45) is 1.00. The Balaban J connectivity index is 2.42. The molecule has 2 N–H and O–H groups in total. The van der Waals surface area contributed by atoms with E-state index < -0.39 is 11.6 Å². The van der Waals surface area contributed by atoms with Crippen LogP contribution < -0.4 is 5.73 Å². The standard InChI is InChI=1S/C10H9F2N3/c11-6-1-2-8(12)7(5-6)9-3-4-10(13)15-14-9/h1-2,5H,3-4H2,(H2,13,15). The minimum absolute atomic E-state index is 0.159. The summed E-state index contributed by atoms with van der Waals surface area (Å²) in [6, 6.07) is 3.26. The SMILES string of the molecule is NC1=NN=C(c2cc(F)ccc2F)CC1. The second-order valence-electron chi connectivity index (χ2n) is 3.26. The lowest BCUT2D eigenvalue weighted by atomic mass is 10.0. The Morgan fingerprint density at radius 2 is 1.93 bits per heavy atom. The summed E-state index contributed by atoms with van der Waals surface area (Å²) >= 11 is 0. The van der Waals surface area contributed by atoms with Gasteiger partial charge in [-0.3, -0.25) is 0 Å². The third kappa shape index (κ3) is 2.01. The molecule has 1 aromatic carbocycles. The van der Waals surface area contributed by atoms with Gasteiger partial charge in [-0.2, -0.15) is 5.10 Å². The highest BCUT2D eigenvalue weighted by Gasteiger charge is 2.14. The van der Waals surface area contributed by atoms with Crippen LogP contribution >= 0.6 is 0 Å². The molecule has 0 bridgehead atoms. The Morgan fingerprint density at radius 1 is 1.13 bits per heavy atom. The van der Waals surface area contributed by atoms with Crippen LogP contribution in [0.3, 0.4) is 0 Å². The average Bonchev–Trinajstić information content (AvgIpc) is 2.23. The van der Waals surface area contributed by atoms with Gasteiger partial charge in [0, 0.05) is 12.0 Å². The van der Waals surface area contributed by atoms with Crippen LogP contribution in [0.15, 0.2) is 28.4 Å². The summed E-state index contributed by atoms with van der Waals surface area (Å²) < 4.78 is 26.2. The van der Waals surface area contributed by atoms with Crippen LogP contribution in [-0.2, 0) is 0 Å². The molecule has 0 aromatic heterocycles. The van der Waals surface area contributed by atoms with Gasteiger partial charge in [-0.25, -0.2) is 8.78 Å². The highest BCUT2D eigenvalue weighted by atomic mass is 19.1. The molecular formula is C10H9F2N3. The zero-order chi connectivity index (χ0) is 10.8. The van der Waals surface area contributed by atoms with E-state index in [1.807, 2.05) is 0 Å². The Morgan fingerprint density at radius 3 is 2.60 bits per heavy atom. The van der Waals surface area contributed by atoms with E-state index in [1.54, 1.807) is 0 Å². The molecule has 0 fully saturated rings. The van der Waals surface area contributed by atoms with E-state index in [1.165, 1.54) is 0 Å². The highest BCUT2D eigenvalue weighted by Crippen LogP contribution is 2.16. The fourth-order valence-electron chi connectivity index (χ4n) is 1.38. The second kappa shape index (κ2) is 3.76. The molecule has 5 heteroatoms. The Bertz CT molecular complexity index is 452. The first-order chi connectivity index (χ1) is 7.16. The molecule has 0 spiro atoms. The van der Waals surface area contributed by atoms with Gasteiger partial charge in [0.2, 0.25) is 0 Å². The zero-order valence-electron chi connectivity index (χ0n) is 7.87. The van der Waals surface area contributed by atoms with E-state index in [4.69, 9.17) is 5.73 Å². The molecule has 15 heavy (non-hydrogen) atoms. The van der Waals surface area contributed by atoms with Crippen LogP contribution in [0.25, 0.3) is 0 Å². The van der Waals surface area contributed by atoms with E-state index in [0.29, 0.717) is 24.4 Å². The van der Waals surface area contributed by atoms with E-state index in [0.717, 1.165) is 18.2 Å². The molecule has 1 aromatic rings. The lowest BCUT2D eigenvalue weighted by Crippen LogP contribution is -2.18. The largest absolute Gasteiger partial charge is 0.386 e. The van der Waals surface area contributed by atoms with Gasteiger partial charge in [-0.1, -0.05) is 0 Å². The molecule has 78 valence electrons. The Kier molecular flexibility index (Phi) is 2.45. The fraction of sp³-hybridized carbons (Fsp3) is 0.200. The number of nitrogens with zero attached hydrogens (tertiary/aromatic N) is 2. The number of halogens is 2. The van der Waals surface area contributed by atoms with Crippen molar-refractivity contribution in [2.45, 2.75) is 12.8 Å². The van der Waals surface area contributed by atoms with Crippen molar-refractivity contribution in [1.82, 2.24) is 0 Å². The third-order valence-corrected chi connectivity index (χ3v) is 2.16. The minimum Gasteiger partial charge on any atom is -0.386 e. The molecule has 0 amide bonds. The lowest BCUT2D eigenvalue weighted by Gasteiger charge is -2.10. The van der Waals surface area contributed by atoms with Gasteiger partial charge in [-0.05, 0) is 24.6 Å². The van der Waals surface area contributed by atoms with Crippen LogP contribution in [0, 0.1) is 11.6 Å². The molecule has 1 aliphatic rings. The quantitative estimate of drug-likeness (QED) is 0.753. The molecule has 0 saturated heterocycles. The normalized spacial score (nSPS) is 15.9. The van der Waals surface area contributed by atoms with E-state index in [2.05, 4.69) is 10.2 Å². The smallest absolute Gasteiger partial charge is 0.132 e. The molecule has 0 saturated carbocycles. The van der Waals surface area contributed by atoms with Crippen molar-refractivity contribution in [2.75, 3.05) is 0 Å². The van der Waals surface area contributed by atoms with Crippen LogP contribution in [0.5, 0.6) is 0 Å². The molecule has 0 radical (unpaired) electrons. The van der Waals surface area contributed by atoms with Gasteiger partial charge in [0.05, 0.1) is 5.71 Å². The maximum absolute atomic E-state index is 13.3. The second-order valence-corrected chi connectivity index (χ2v) is 3.26. The molecular weight excluding hydrogens is 200 g/mol. The lowest BCUT2D eigenvalue weighted by molar-refractivity contribution is 0.597. The topological polar surface area (TPSA) is 50.7 Å². The summed E-state index contributed by atoms with van der Waals surface area (Å²) in [5.41, 5.74) is 6.01. The fourth-order valence-corrected chi connectivity index (χ4v) is 1.38. The molecule has 1 heterocycles. The van der Waals surface area contributed by atoms with Crippen molar-refractivity contribution in [2.24, 2.45) is 15.9 Å². The Hall–Kier alpha value is -1.78. The van der Waals surface area contributed by atoms with Gasteiger partial charge in [0.25, 0.3) is 0 Å². The Labute approximate surface area is 85.3 Å². The molecule has 1 aliphatic heterocycles. The van der Waals surface area contributed by atoms with Gasteiger partial charge >= 0.3 is 0 Å². The molecule has 0 unspecified atom stereocenters. The monoisotopic (exact) mass is 209 g/mol. The predicted octanol–water partition coefficient (Wildman–Crippen LogP) is 1.82. The minimum atomic E-state index is -0.495. The molecule has 2 rings (SSSR count). The number of rotatable bonds is 1. The van der Waals surface area contributed by atoms with Gasteiger partial charge < -0.3 is 5.73 Å². The van der Waals surface area contributed by atoms with Gasteiger partial charge in [0.1, 0.15) is 17.5 Å². The van der Waals surface area contributed by atoms with Crippen LogP contribution in [-0.4, -0.2) is 11.5 Å². The first-order valence-electron chi connectivity index (χ1n) is 4.51. The number of hydrogen-bond donors (Lipinski definition) is 1. The summed E-state index contributed by atoms with van der Waals surface area (Å²) in [4.78, 5) is 0. The maximum atomic E-state index is 13.3. The van der Waals surface area contributed by atoms with Crippen molar-refractivity contribution >= 4 is 11.5 Å². The number of amidine groups is 1. The summed E-state index contributed by atoms with van der Waals surface area (Å²) in [5.74, 6) is -0.571. The van der Waals surface area contributed by atoms with Gasteiger partial charge in [0.15, 0.2) is 0 Å². The third-order valence-electron chi connectivity index (χ3n) is 2.16. The van der Waals surface area contributed by atoms with E-state index in [-0.39, 0.29) is 5.56 Å². The highest BCUT2D eigenvalue weighted by molar-refractivity contribution is 6.04. The van der Waals surface area contributed by atoms with E-state index >= 15 is 0 Å². The maximum Gasteiger partial charge on any atom is 0.132 e. The molecule has 0 aliphatic carbocycles. The first kappa shape index (κ1) is 9.76.